The molecule has 0 bridgehead atoms. The summed E-state index contributed by atoms with van der Waals surface area (Å²) in [6, 6.07) is 11.2. The number of carbonyl (C=O) groups excluding carboxylic acids is 1. The molecule has 1 aliphatic heterocycles. The predicted molar refractivity (Wildman–Crippen MR) is 120 cm³/mol. The van der Waals surface area contributed by atoms with Crippen LogP contribution in [0.25, 0.3) is 11.3 Å². The molecule has 0 radical (unpaired) electrons. The number of aromatic amines is 1. The molecular formula is C25H27N3O3. The van der Waals surface area contributed by atoms with Crippen molar-refractivity contribution in [2.75, 3.05) is 13.2 Å². The van der Waals surface area contributed by atoms with E-state index in [2.05, 4.69) is 23.7 Å². The van der Waals surface area contributed by atoms with Gasteiger partial charge in [0.2, 0.25) is 0 Å². The number of benzene rings is 2. The van der Waals surface area contributed by atoms with Gasteiger partial charge in [0.05, 0.1) is 12.6 Å². The number of nitrogens with one attached hydrogen (secondary N) is 1. The summed E-state index contributed by atoms with van der Waals surface area (Å²) in [5.41, 5.74) is 5.24. The predicted octanol–water partition coefficient (Wildman–Crippen LogP) is 4.92. The van der Waals surface area contributed by atoms with Gasteiger partial charge in [0.1, 0.15) is 22.9 Å². The van der Waals surface area contributed by atoms with Gasteiger partial charge in [0.15, 0.2) is 0 Å². The van der Waals surface area contributed by atoms with Crippen molar-refractivity contribution in [1.29, 1.82) is 0 Å². The Kier molecular flexibility index (Phi) is 5.55. The van der Waals surface area contributed by atoms with E-state index in [0.717, 1.165) is 34.4 Å². The lowest BCUT2D eigenvalue weighted by molar-refractivity contribution is 0.0764. The van der Waals surface area contributed by atoms with Gasteiger partial charge in [-0.25, -0.2) is 0 Å². The quantitative estimate of drug-likeness (QED) is 0.535. The fourth-order valence-corrected chi connectivity index (χ4v) is 4.31. The van der Waals surface area contributed by atoms with Crippen molar-refractivity contribution in [2.45, 2.75) is 33.2 Å². The maximum absolute atomic E-state index is 13.2. The average molecular weight is 418 g/mol. The number of aryl methyl sites for hydroxylation is 2. The number of aromatic nitrogens is 2. The zero-order chi connectivity index (χ0) is 22.1. The Bertz CT molecular complexity index is 1130. The van der Waals surface area contributed by atoms with Crippen molar-refractivity contribution >= 4 is 5.91 Å². The number of nitrogens with zero attached hydrogens (tertiary/aromatic N) is 2. The highest BCUT2D eigenvalue weighted by atomic mass is 16.5. The van der Waals surface area contributed by atoms with E-state index in [1.807, 2.05) is 44.2 Å². The molecule has 0 aliphatic carbocycles. The Morgan fingerprint density at radius 1 is 1.29 bits per heavy atom. The number of rotatable bonds is 7. The van der Waals surface area contributed by atoms with E-state index >= 15 is 0 Å². The van der Waals surface area contributed by atoms with E-state index in [-0.39, 0.29) is 17.7 Å². The highest BCUT2D eigenvalue weighted by Crippen LogP contribution is 2.45. The van der Waals surface area contributed by atoms with Crippen LogP contribution < -0.4 is 4.74 Å². The third-order valence-corrected chi connectivity index (χ3v) is 5.53. The van der Waals surface area contributed by atoms with E-state index < -0.39 is 0 Å². The summed E-state index contributed by atoms with van der Waals surface area (Å²) in [7, 11) is 0. The summed E-state index contributed by atoms with van der Waals surface area (Å²) < 4.78 is 5.83. The zero-order valence-electron chi connectivity index (χ0n) is 18.1. The molecule has 1 aliphatic rings. The van der Waals surface area contributed by atoms with Crippen LogP contribution in [0.1, 0.15) is 52.1 Å². The van der Waals surface area contributed by atoms with Crippen LogP contribution in [-0.2, 0) is 0 Å². The van der Waals surface area contributed by atoms with Gasteiger partial charge in [-0.2, -0.15) is 5.10 Å². The highest BCUT2D eigenvalue weighted by Gasteiger charge is 2.42. The topological polar surface area (TPSA) is 78.5 Å². The van der Waals surface area contributed by atoms with Gasteiger partial charge in [-0.05, 0) is 55.2 Å². The van der Waals surface area contributed by atoms with Gasteiger partial charge in [0, 0.05) is 17.7 Å². The normalized spacial score (nSPS) is 15.3. The Morgan fingerprint density at radius 3 is 2.81 bits per heavy atom. The van der Waals surface area contributed by atoms with E-state index in [0.29, 0.717) is 30.1 Å². The molecular weight excluding hydrogens is 390 g/mol. The summed E-state index contributed by atoms with van der Waals surface area (Å²) in [5, 5.41) is 18.1. The maximum atomic E-state index is 13.2. The Morgan fingerprint density at radius 2 is 2.10 bits per heavy atom. The minimum Gasteiger partial charge on any atom is -0.507 e. The molecule has 0 fully saturated rings. The number of phenolic OH excluding ortho intramolecular Hbond substituents is 1. The summed E-state index contributed by atoms with van der Waals surface area (Å²) in [5.74, 6) is 0.779. The maximum Gasteiger partial charge on any atom is 0.273 e. The summed E-state index contributed by atoms with van der Waals surface area (Å²) in [6.07, 6.45) is 2.63. The molecule has 160 valence electrons. The van der Waals surface area contributed by atoms with Gasteiger partial charge in [-0.1, -0.05) is 31.2 Å². The highest BCUT2D eigenvalue weighted by molar-refractivity contribution is 6.00. The molecule has 1 amide bonds. The fourth-order valence-electron chi connectivity index (χ4n) is 4.31. The number of hydrogen-bond acceptors (Lipinski definition) is 4. The summed E-state index contributed by atoms with van der Waals surface area (Å²) >= 11 is 0. The average Bonchev–Trinajstić information content (AvgIpc) is 3.26. The van der Waals surface area contributed by atoms with Crippen LogP contribution in [0.15, 0.2) is 49.1 Å². The Hall–Kier alpha value is -3.54. The van der Waals surface area contributed by atoms with Crippen LogP contribution >= 0.6 is 0 Å². The molecule has 4 rings (SSSR count). The second kappa shape index (κ2) is 8.30. The molecule has 6 nitrogen and oxygen atoms in total. The van der Waals surface area contributed by atoms with E-state index in [1.54, 1.807) is 17.0 Å². The molecule has 1 unspecified atom stereocenters. The Labute approximate surface area is 182 Å². The van der Waals surface area contributed by atoms with Gasteiger partial charge in [0.25, 0.3) is 5.91 Å². The van der Waals surface area contributed by atoms with Crippen LogP contribution in [0.3, 0.4) is 0 Å². The number of amides is 1. The molecule has 31 heavy (non-hydrogen) atoms. The zero-order valence-corrected chi connectivity index (χ0v) is 18.1. The second-order valence-electron chi connectivity index (χ2n) is 7.91. The smallest absolute Gasteiger partial charge is 0.273 e. The van der Waals surface area contributed by atoms with Crippen LogP contribution in [0.4, 0.5) is 0 Å². The number of ether oxygens (including phenoxy) is 1. The molecule has 2 N–H and O–H groups in total. The van der Waals surface area contributed by atoms with E-state index in [9.17, 15) is 9.90 Å². The van der Waals surface area contributed by atoms with Crippen molar-refractivity contribution < 1.29 is 14.6 Å². The van der Waals surface area contributed by atoms with Crippen LogP contribution in [0, 0.1) is 13.8 Å². The standard InChI is InChI=1S/C25H27N3O3/c1-5-10-28-24(17-8-7-9-18(14-17)31-11-6-2)21-22(26-27-23(21)25(28)30)20-16(4)12-15(3)13-19(20)29/h5,7-9,12-14,24,29H,1,6,10-11H2,2-4H3,(H,26,27). The fraction of sp³-hybridized carbons (Fsp3) is 0.280. The largest absolute Gasteiger partial charge is 0.507 e. The van der Waals surface area contributed by atoms with Gasteiger partial charge < -0.3 is 14.7 Å². The monoisotopic (exact) mass is 417 g/mol. The molecule has 6 heteroatoms. The third-order valence-electron chi connectivity index (χ3n) is 5.53. The lowest BCUT2D eigenvalue weighted by Gasteiger charge is -2.25. The summed E-state index contributed by atoms with van der Waals surface area (Å²) in [6.45, 7) is 10.8. The molecule has 2 aromatic carbocycles. The van der Waals surface area contributed by atoms with Crippen molar-refractivity contribution in [2.24, 2.45) is 0 Å². The summed E-state index contributed by atoms with van der Waals surface area (Å²) in [4.78, 5) is 15.0. The molecule has 1 aromatic heterocycles. The van der Waals surface area contributed by atoms with Crippen LogP contribution in [0.5, 0.6) is 11.5 Å². The minimum absolute atomic E-state index is 0.136. The number of aromatic hydroxyl groups is 1. The van der Waals surface area contributed by atoms with Crippen LogP contribution in [-0.4, -0.2) is 39.3 Å². The number of hydrogen-bond donors (Lipinski definition) is 2. The first-order chi connectivity index (χ1) is 15.0. The molecule has 1 atom stereocenters. The van der Waals surface area contributed by atoms with Gasteiger partial charge >= 0.3 is 0 Å². The van der Waals surface area contributed by atoms with Gasteiger partial charge in [-0.3, -0.25) is 9.89 Å². The number of phenols is 1. The van der Waals surface area contributed by atoms with Crippen molar-refractivity contribution in [1.82, 2.24) is 15.1 Å². The first-order valence-electron chi connectivity index (χ1n) is 10.5. The second-order valence-corrected chi connectivity index (χ2v) is 7.91. The minimum atomic E-state index is -0.362. The lowest BCUT2D eigenvalue weighted by Crippen LogP contribution is -2.29. The van der Waals surface area contributed by atoms with Gasteiger partial charge in [-0.15, -0.1) is 6.58 Å². The van der Waals surface area contributed by atoms with E-state index in [1.165, 1.54) is 0 Å². The third kappa shape index (κ3) is 3.58. The SMILES string of the molecule is C=CCN1C(=O)c2[nH]nc(-c3c(C)cc(C)cc3O)c2C1c1cccc(OCCC)c1. The Balaban J connectivity index is 1.89. The molecule has 0 saturated heterocycles. The van der Waals surface area contributed by atoms with Crippen LogP contribution in [0.2, 0.25) is 0 Å². The number of H-pyrrole nitrogens is 1. The molecule has 2 heterocycles. The molecule has 0 saturated carbocycles. The lowest BCUT2D eigenvalue weighted by atomic mass is 9.93. The molecule has 3 aromatic rings. The van der Waals surface area contributed by atoms with Crippen molar-refractivity contribution in [3.63, 3.8) is 0 Å². The number of carbonyl (C=O) groups is 1. The first kappa shape index (κ1) is 20.7. The van der Waals surface area contributed by atoms with E-state index in [4.69, 9.17) is 4.74 Å². The van der Waals surface area contributed by atoms with Crippen molar-refractivity contribution in [3.05, 3.63) is 77.0 Å². The first-order valence-corrected chi connectivity index (χ1v) is 10.5. The van der Waals surface area contributed by atoms with Crippen molar-refractivity contribution in [3.8, 4) is 22.8 Å². The molecule has 0 spiro atoms. The number of fused-ring (bicyclic) bond motifs is 1.